The number of hydrogen-bond donors (Lipinski definition) is 1. The molecule has 0 saturated carbocycles. The van der Waals surface area contributed by atoms with Crippen LogP contribution in [0.2, 0.25) is 0 Å². The summed E-state index contributed by atoms with van der Waals surface area (Å²) in [5.74, 6) is 0.837. The van der Waals surface area contributed by atoms with Gasteiger partial charge in [0.1, 0.15) is 5.01 Å². The number of thioether (sulfide) groups is 1. The molecule has 0 aliphatic carbocycles. The van der Waals surface area contributed by atoms with E-state index in [0.717, 1.165) is 38.9 Å². The van der Waals surface area contributed by atoms with Gasteiger partial charge >= 0.3 is 0 Å². The number of nitrogens with one attached hydrogen (secondary N) is 1. The number of nitrogens with zero attached hydrogens (tertiary/aromatic N) is 4. The van der Waals surface area contributed by atoms with Crippen LogP contribution in [0.15, 0.2) is 102 Å². The maximum absolute atomic E-state index is 12.9. The molecular formula is C31H25N5OS2. The Morgan fingerprint density at radius 3 is 2.36 bits per heavy atom. The summed E-state index contributed by atoms with van der Waals surface area (Å²) in [5, 5.41) is 13.5. The number of amides is 1. The van der Waals surface area contributed by atoms with Gasteiger partial charge in [-0.15, -0.1) is 21.5 Å². The van der Waals surface area contributed by atoms with Crippen molar-refractivity contribution in [3.63, 3.8) is 0 Å². The number of anilines is 1. The number of aryl methyl sites for hydroxylation is 2. The van der Waals surface area contributed by atoms with Gasteiger partial charge in [-0.05, 0) is 67.9 Å². The van der Waals surface area contributed by atoms with E-state index in [9.17, 15) is 4.79 Å². The average Bonchev–Trinajstić information content (AvgIpc) is 3.57. The third kappa shape index (κ3) is 5.48. The molecule has 2 heterocycles. The largest absolute Gasteiger partial charge is 0.325 e. The molecule has 1 N–H and O–H groups in total. The molecule has 6 aromatic rings. The maximum Gasteiger partial charge on any atom is 0.234 e. The van der Waals surface area contributed by atoms with Crippen LogP contribution in [0.25, 0.3) is 37.9 Å². The third-order valence-corrected chi connectivity index (χ3v) is 8.25. The fourth-order valence-electron chi connectivity index (χ4n) is 4.24. The lowest BCUT2D eigenvalue weighted by Gasteiger charge is -2.11. The van der Waals surface area contributed by atoms with Crippen molar-refractivity contribution < 1.29 is 4.79 Å². The van der Waals surface area contributed by atoms with Crippen LogP contribution in [-0.4, -0.2) is 31.4 Å². The molecule has 6 nitrogen and oxygen atoms in total. The summed E-state index contributed by atoms with van der Waals surface area (Å²) in [6, 6.07) is 32.3. The molecule has 8 heteroatoms. The highest BCUT2D eigenvalue weighted by molar-refractivity contribution is 7.99. The number of rotatable bonds is 7. The SMILES string of the molecule is Cc1ccc(-n2c(SCC(=O)Nc3ccc(-c4nc5ccc(C)cc5s4)cc3)nnc2-c2ccccc2)cc1. The van der Waals surface area contributed by atoms with Gasteiger partial charge in [-0.3, -0.25) is 9.36 Å². The number of thiazole rings is 1. The first kappa shape index (κ1) is 25.0. The van der Waals surface area contributed by atoms with E-state index in [-0.39, 0.29) is 11.7 Å². The van der Waals surface area contributed by atoms with Crippen molar-refractivity contribution in [2.45, 2.75) is 19.0 Å². The van der Waals surface area contributed by atoms with Gasteiger partial charge in [0, 0.05) is 22.5 Å². The van der Waals surface area contributed by atoms with Crippen molar-refractivity contribution in [2.75, 3.05) is 11.1 Å². The monoisotopic (exact) mass is 547 g/mol. The zero-order chi connectivity index (χ0) is 26.8. The highest BCUT2D eigenvalue weighted by Gasteiger charge is 2.17. The van der Waals surface area contributed by atoms with Crippen molar-refractivity contribution in [2.24, 2.45) is 0 Å². The summed E-state index contributed by atoms with van der Waals surface area (Å²) < 4.78 is 3.18. The molecular weight excluding hydrogens is 523 g/mol. The molecule has 192 valence electrons. The van der Waals surface area contributed by atoms with E-state index in [1.807, 2.05) is 71.3 Å². The minimum Gasteiger partial charge on any atom is -0.325 e. The van der Waals surface area contributed by atoms with E-state index in [0.29, 0.717) is 5.16 Å². The molecule has 0 spiro atoms. The van der Waals surface area contributed by atoms with E-state index in [1.165, 1.54) is 27.6 Å². The van der Waals surface area contributed by atoms with Crippen molar-refractivity contribution in [3.8, 4) is 27.6 Å². The zero-order valence-electron chi connectivity index (χ0n) is 21.5. The van der Waals surface area contributed by atoms with Crippen LogP contribution in [0.1, 0.15) is 11.1 Å². The summed E-state index contributed by atoms with van der Waals surface area (Å²) in [5.41, 5.74) is 7.09. The van der Waals surface area contributed by atoms with Gasteiger partial charge in [0.15, 0.2) is 11.0 Å². The maximum atomic E-state index is 12.9. The fraction of sp³-hybridized carbons (Fsp3) is 0.0968. The third-order valence-electron chi connectivity index (χ3n) is 6.25. The van der Waals surface area contributed by atoms with E-state index < -0.39 is 0 Å². The van der Waals surface area contributed by atoms with Crippen molar-refractivity contribution >= 4 is 44.9 Å². The second kappa shape index (κ2) is 10.8. The molecule has 1 amide bonds. The van der Waals surface area contributed by atoms with E-state index in [2.05, 4.69) is 59.7 Å². The number of carbonyl (C=O) groups is 1. The van der Waals surface area contributed by atoms with Crippen molar-refractivity contribution in [1.82, 2.24) is 19.7 Å². The molecule has 0 saturated heterocycles. The molecule has 0 aliphatic heterocycles. The van der Waals surface area contributed by atoms with Gasteiger partial charge in [-0.25, -0.2) is 4.98 Å². The predicted molar refractivity (Wildman–Crippen MR) is 161 cm³/mol. The number of carbonyl (C=O) groups excluding carboxylic acids is 1. The Balaban J connectivity index is 1.16. The summed E-state index contributed by atoms with van der Waals surface area (Å²) in [6.07, 6.45) is 0. The minimum absolute atomic E-state index is 0.108. The Hall–Kier alpha value is -4.27. The smallest absolute Gasteiger partial charge is 0.234 e. The van der Waals surface area contributed by atoms with E-state index in [1.54, 1.807) is 11.3 Å². The summed E-state index contributed by atoms with van der Waals surface area (Å²) in [7, 11) is 0. The van der Waals surface area contributed by atoms with Crippen molar-refractivity contribution in [1.29, 1.82) is 0 Å². The average molecular weight is 548 g/mol. The number of aromatic nitrogens is 4. The summed E-state index contributed by atoms with van der Waals surface area (Å²) in [6.45, 7) is 4.14. The van der Waals surface area contributed by atoms with Gasteiger partial charge in [-0.2, -0.15) is 0 Å². The second-order valence-electron chi connectivity index (χ2n) is 9.25. The molecule has 0 bridgehead atoms. The van der Waals surface area contributed by atoms with E-state index in [4.69, 9.17) is 4.98 Å². The first-order chi connectivity index (χ1) is 19.0. The number of fused-ring (bicyclic) bond motifs is 1. The molecule has 4 aromatic carbocycles. The van der Waals surface area contributed by atoms with Gasteiger partial charge < -0.3 is 5.32 Å². The molecule has 6 rings (SSSR count). The summed E-state index contributed by atoms with van der Waals surface area (Å²) in [4.78, 5) is 17.6. The molecule has 0 atom stereocenters. The lowest BCUT2D eigenvalue weighted by atomic mass is 10.2. The van der Waals surface area contributed by atoms with Gasteiger partial charge in [-0.1, -0.05) is 65.9 Å². The minimum atomic E-state index is -0.108. The normalized spacial score (nSPS) is 11.1. The lowest BCUT2D eigenvalue weighted by molar-refractivity contribution is -0.113. The number of hydrogen-bond acceptors (Lipinski definition) is 6. The van der Waals surface area contributed by atoms with Crippen LogP contribution in [0, 0.1) is 13.8 Å². The van der Waals surface area contributed by atoms with Crippen LogP contribution in [0.5, 0.6) is 0 Å². The first-order valence-electron chi connectivity index (χ1n) is 12.5. The van der Waals surface area contributed by atoms with Crippen LogP contribution in [0.3, 0.4) is 0 Å². The Labute approximate surface area is 234 Å². The molecule has 0 fully saturated rings. The molecule has 0 unspecified atom stereocenters. The second-order valence-corrected chi connectivity index (χ2v) is 11.2. The van der Waals surface area contributed by atoms with Crippen LogP contribution < -0.4 is 5.32 Å². The highest BCUT2D eigenvalue weighted by Crippen LogP contribution is 2.32. The standard InChI is InChI=1S/C31H25N5OS2/c1-20-8-15-25(16-9-20)36-29(22-6-4-3-5-7-22)34-35-31(36)38-19-28(37)32-24-13-11-23(12-14-24)30-33-26-17-10-21(2)18-27(26)39-30/h3-18H,19H2,1-2H3,(H,32,37). The van der Waals surface area contributed by atoms with Gasteiger partial charge in [0.25, 0.3) is 0 Å². The topological polar surface area (TPSA) is 72.7 Å². The molecule has 0 radical (unpaired) electrons. The number of benzene rings is 4. The summed E-state index contributed by atoms with van der Waals surface area (Å²) >= 11 is 3.04. The highest BCUT2D eigenvalue weighted by atomic mass is 32.2. The quantitative estimate of drug-likeness (QED) is 0.209. The Morgan fingerprint density at radius 1 is 0.846 bits per heavy atom. The molecule has 2 aromatic heterocycles. The van der Waals surface area contributed by atoms with Crippen LogP contribution in [0.4, 0.5) is 5.69 Å². The Kier molecular flexibility index (Phi) is 6.96. The molecule has 0 aliphatic rings. The van der Waals surface area contributed by atoms with Gasteiger partial charge in [0.2, 0.25) is 5.91 Å². The van der Waals surface area contributed by atoms with E-state index >= 15 is 0 Å². The Morgan fingerprint density at radius 2 is 1.59 bits per heavy atom. The Bertz CT molecular complexity index is 1760. The van der Waals surface area contributed by atoms with Crippen LogP contribution >= 0.6 is 23.1 Å². The fourth-order valence-corrected chi connectivity index (χ4v) is 6.06. The van der Waals surface area contributed by atoms with Gasteiger partial charge in [0.05, 0.1) is 16.0 Å². The van der Waals surface area contributed by atoms with Crippen molar-refractivity contribution in [3.05, 3.63) is 108 Å². The van der Waals surface area contributed by atoms with Crippen LogP contribution in [-0.2, 0) is 4.79 Å². The predicted octanol–water partition coefficient (Wildman–Crippen LogP) is 7.56. The first-order valence-corrected chi connectivity index (χ1v) is 14.3. The molecule has 39 heavy (non-hydrogen) atoms. The lowest BCUT2D eigenvalue weighted by Crippen LogP contribution is -2.14. The zero-order valence-corrected chi connectivity index (χ0v) is 23.1.